The van der Waals surface area contributed by atoms with Crippen molar-refractivity contribution in [1.82, 2.24) is 14.2 Å². The van der Waals surface area contributed by atoms with Crippen molar-refractivity contribution in [1.29, 1.82) is 0 Å². The van der Waals surface area contributed by atoms with Crippen LogP contribution in [0.25, 0.3) is 0 Å². The van der Waals surface area contributed by atoms with Crippen molar-refractivity contribution in [2.24, 2.45) is 14.5 Å². The highest BCUT2D eigenvalue weighted by molar-refractivity contribution is 7.61. The van der Waals surface area contributed by atoms with Gasteiger partial charge in [-0.1, -0.05) is 34.8 Å². The molecule has 3 saturated heterocycles. The van der Waals surface area contributed by atoms with E-state index in [9.17, 15) is 0 Å². The van der Waals surface area contributed by atoms with Crippen LogP contribution in [0.15, 0.2) is 14.5 Å². The third kappa shape index (κ3) is 4.53. The maximum atomic E-state index is 6.26. The summed E-state index contributed by atoms with van der Waals surface area (Å²) in [6.07, 6.45) is 0. The number of hydrogen-bond acceptors (Lipinski definition) is 9. The Labute approximate surface area is 179 Å². The standard InChI is InChI=1S/C15H24Cl3N6O3P/c16-15(17,18)13-19-14(22-1-7-25-8-2-22)21-28(20-13,23-3-9-26-10-4-23)24-5-11-27-12-6-24/h1-12H2. The highest BCUT2D eigenvalue weighted by Crippen LogP contribution is 2.60. The van der Waals surface area contributed by atoms with Gasteiger partial charge in [-0.05, 0) is 0 Å². The van der Waals surface area contributed by atoms with Gasteiger partial charge in [-0.3, -0.25) is 0 Å². The Bertz CT molecular complexity index is 661. The molecule has 0 bridgehead atoms. The van der Waals surface area contributed by atoms with Gasteiger partial charge < -0.3 is 19.1 Å². The first kappa shape index (κ1) is 21.3. The third-order valence-corrected chi connectivity index (χ3v) is 8.67. The Morgan fingerprint density at radius 3 is 1.68 bits per heavy atom. The molecular formula is C15H24Cl3N6O3P. The lowest BCUT2D eigenvalue weighted by atomic mass is 10.4. The molecule has 4 rings (SSSR count). The Morgan fingerprint density at radius 2 is 1.21 bits per heavy atom. The topological polar surface area (TPSA) is 74.5 Å². The smallest absolute Gasteiger partial charge is 0.250 e. The second kappa shape index (κ2) is 9.04. The molecule has 0 saturated carbocycles. The lowest BCUT2D eigenvalue weighted by molar-refractivity contribution is 0.0564. The average molecular weight is 474 g/mol. The summed E-state index contributed by atoms with van der Waals surface area (Å²) in [5.74, 6) is 0.770. The molecule has 3 fully saturated rings. The van der Waals surface area contributed by atoms with Crippen LogP contribution >= 0.6 is 42.3 Å². The molecule has 4 aliphatic rings. The van der Waals surface area contributed by atoms with Crippen molar-refractivity contribution < 1.29 is 14.2 Å². The normalized spacial score (nSPS) is 27.8. The number of hydrogen-bond donors (Lipinski definition) is 0. The number of guanidine groups is 1. The number of rotatable bonds is 2. The lowest BCUT2D eigenvalue weighted by Crippen LogP contribution is -2.46. The highest BCUT2D eigenvalue weighted by atomic mass is 35.6. The van der Waals surface area contributed by atoms with Crippen LogP contribution in [0.5, 0.6) is 0 Å². The molecule has 0 atom stereocenters. The van der Waals surface area contributed by atoms with Crippen molar-refractivity contribution >= 4 is 54.1 Å². The summed E-state index contributed by atoms with van der Waals surface area (Å²) in [5.41, 5.74) is 0. The number of aliphatic imine (C=N–C) groups is 1. The van der Waals surface area contributed by atoms with E-state index in [1.165, 1.54) is 0 Å². The second-order valence-electron chi connectivity index (χ2n) is 6.70. The molecule has 0 aliphatic carbocycles. The minimum atomic E-state index is -2.56. The summed E-state index contributed by atoms with van der Waals surface area (Å²) < 4.78 is 29.6. The van der Waals surface area contributed by atoms with E-state index in [2.05, 4.69) is 19.2 Å². The molecule has 4 heterocycles. The molecular weight excluding hydrogens is 450 g/mol. The Morgan fingerprint density at radius 1 is 0.750 bits per heavy atom. The molecule has 0 aromatic rings. The molecule has 0 aromatic heterocycles. The van der Waals surface area contributed by atoms with E-state index < -0.39 is 11.3 Å². The van der Waals surface area contributed by atoms with Crippen LogP contribution in [0.4, 0.5) is 0 Å². The largest absolute Gasteiger partial charge is 0.379 e. The number of halogens is 3. The highest BCUT2D eigenvalue weighted by Gasteiger charge is 2.43. The van der Waals surface area contributed by atoms with E-state index in [0.29, 0.717) is 58.7 Å². The molecule has 13 heteroatoms. The fourth-order valence-corrected chi connectivity index (χ4v) is 7.10. The number of morpholine rings is 3. The molecule has 0 N–H and O–H groups in total. The average Bonchev–Trinajstić information content (AvgIpc) is 2.74. The predicted octanol–water partition coefficient (Wildman–Crippen LogP) is 2.07. The first-order chi connectivity index (χ1) is 13.5. The van der Waals surface area contributed by atoms with Crippen molar-refractivity contribution in [2.45, 2.75) is 3.79 Å². The van der Waals surface area contributed by atoms with E-state index in [0.717, 1.165) is 26.2 Å². The Hall–Kier alpha value is 0.0400. The molecule has 0 aromatic carbocycles. The Kier molecular flexibility index (Phi) is 6.87. The zero-order chi connectivity index (χ0) is 19.6. The van der Waals surface area contributed by atoms with Crippen LogP contribution in [0.2, 0.25) is 0 Å². The van der Waals surface area contributed by atoms with E-state index in [1.54, 1.807) is 0 Å². The monoisotopic (exact) mass is 472 g/mol. The van der Waals surface area contributed by atoms with Crippen molar-refractivity contribution in [3.05, 3.63) is 0 Å². The van der Waals surface area contributed by atoms with Crippen molar-refractivity contribution in [3.63, 3.8) is 0 Å². The minimum absolute atomic E-state index is 0.195. The van der Waals surface area contributed by atoms with Crippen LogP contribution in [-0.4, -0.2) is 109 Å². The van der Waals surface area contributed by atoms with Crippen LogP contribution in [-0.2, 0) is 14.2 Å². The minimum Gasteiger partial charge on any atom is -0.379 e. The van der Waals surface area contributed by atoms with Crippen molar-refractivity contribution in [2.75, 3.05) is 78.9 Å². The molecule has 158 valence electrons. The molecule has 4 aliphatic heterocycles. The van der Waals surface area contributed by atoms with Crippen LogP contribution in [0, 0.1) is 0 Å². The zero-order valence-corrected chi connectivity index (χ0v) is 18.6. The van der Waals surface area contributed by atoms with Gasteiger partial charge in [-0.2, -0.15) is 14.5 Å². The number of amidine groups is 1. The summed E-state index contributed by atoms with van der Waals surface area (Å²) in [7, 11) is -2.56. The van der Waals surface area contributed by atoms with Gasteiger partial charge in [-0.15, -0.1) is 0 Å². The first-order valence-corrected chi connectivity index (χ1v) is 12.1. The maximum absolute atomic E-state index is 6.26. The summed E-state index contributed by atoms with van der Waals surface area (Å²) in [5, 5.41) is 0. The van der Waals surface area contributed by atoms with E-state index in [-0.39, 0.29) is 5.84 Å². The lowest BCUT2D eigenvalue weighted by Gasteiger charge is -2.45. The van der Waals surface area contributed by atoms with Gasteiger partial charge in [0.2, 0.25) is 17.3 Å². The van der Waals surface area contributed by atoms with Gasteiger partial charge in [0.25, 0.3) is 0 Å². The maximum Gasteiger partial charge on any atom is 0.250 e. The molecule has 0 amide bonds. The molecule has 28 heavy (non-hydrogen) atoms. The van der Waals surface area contributed by atoms with E-state index in [1.807, 2.05) is 0 Å². The number of nitrogens with zero attached hydrogens (tertiary/aromatic N) is 6. The van der Waals surface area contributed by atoms with Gasteiger partial charge in [0.15, 0.2) is 5.84 Å². The van der Waals surface area contributed by atoms with E-state index in [4.69, 9.17) is 58.5 Å². The summed E-state index contributed by atoms with van der Waals surface area (Å²) >= 11 is 18.8. The van der Waals surface area contributed by atoms with Gasteiger partial charge in [0.1, 0.15) is 0 Å². The van der Waals surface area contributed by atoms with Gasteiger partial charge >= 0.3 is 0 Å². The fourth-order valence-electron chi connectivity index (χ4n) is 3.50. The SMILES string of the molecule is ClC(Cl)(Cl)C1=NP(N2CCOCC2)(N2CCOCC2)=NC(N2CCOCC2)=N1. The van der Waals surface area contributed by atoms with Gasteiger partial charge in [0.05, 0.1) is 39.6 Å². The summed E-state index contributed by atoms with van der Waals surface area (Å²) in [6.45, 7) is 8.05. The van der Waals surface area contributed by atoms with Crippen LogP contribution in [0.3, 0.4) is 0 Å². The number of alkyl halides is 3. The summed E-state index contributed by atoms with van der Waals surface area (Å²) in [6, 6.07) is 0. The zero-order valence-electron chi connectivity index (χ0n) is 15.5. The van der Waals surface area contributed by atoms with E-state index >= 15 is 0 Å². The van der Waals surface area contributed by atoms with Crippen LogP contribution < -0.4 is 0 Å². The third-order valence-electron chi connectivity index (χ3n) is 4.94. The van der Waals surface area contributed by atoms with Gasteiger partial charge in [0, 0.05) is 39.3 Å². The molecule has 9 nitrogen and oxygen atoms in total. The predicted molar refractivity (Wildman–Crippen MR) is 112 cm³/mol. The summed E-state index contributed by atoms with van der Waals surface area (Å²) in [4.78, 5) is 6.64. The fraction of sp³-hybridized carbons (Fsp3) is 0.867. The Balaban J connectivity index is 1.81. The second-order valence-corrected chi connectivity index (χ2v) is 11.6. The quantitative estimate of drug-likeness (QED) is 0.452. The van der Waals surface area contributed by atoms with Crippen LogP contribution in [0.1, 0.15) is 0 Å². The van der Waals surface area contributed by atoms with Crippen molar-refractivity contribution in [3.8, 4) is 0 Å². The molecule has 0 spiro atoms. The number of ether oxygens (including phenoxy) is 3. The first-order valence-electron chi connectivity index (χ1n) is 9.36. The van der Waals surface area contributed by atoms with Gasteiger partial charge in [-0.25, -0.2) is 9.34 Å². The molecule has 0 unspecified atom stereocenters. The molecule has 0 radical (unpaired) electrons.